The number of hydrogen-bond acceptors (Lipinski definition) is 8. The summed E-state index contributed by atoms with van der Waals surface area (Å²) in [6, 6.07) is 7.83. The molecule has 0 aliphatic heterocycles. The summed E-state index contributed by atoms with van der Waals surface area (Å²) in [5.41, 5.74) is 1.10. The summed E-state index contributed by atoms with van der Waals surface area (Å²) in [4.78, 5) is 12.2. The summed E-state index contributed by atoms with van der Waals surface area (Å²) < 4.78 is 7.16. The van der Waals surface area contributed by atoms with Crippen molar-refractivity contribution in [2.24, 2.45) is 0 Å². The number of aryl methyl sites for hydroxylation is 1. The van der Waals surface area contributed by atoms with Crippen molar-refractivity contribution in [3.05, 3.63) is 53.3 Å². The lowest BCUT2D eigenvalue weighted by atomic mass is 10.1. The second kappa shape index (κ2) is 10.2. The third-order valence-electron chi connectivity index (χ3n) is 3.97. The summed E-state index contributed by atoms with van der Waals surface area (Å²) in [5, 5.41) is 21.4. The number of thioether (sulfide) groups is 1. The number of ether oxygens (including phenoxy) is 1. The van der Waals surface area contributed by atoms with Crippen molar-refractivity contribution < 1.29 is 9.53 Å². The largest absolute Gasteiger partial charge is 0.497 e. The van der Waals surface area contributed by atoms with E-state index in [0.717, 1.165) is 28.6 Å². The number of amides is 1. The molecule has 0 saturated carbocycles. The van der Waals surface area contributed by atoms with Crippen molar-refractivity contribution in [1.82, 2.24) is 25.0 Å². The number of carbonyl (C=O) groups is 1. The first-order chi connectivity index (χ1) is 14.1. The third-order valence-corrected chi connectivity index (χ3v) is 5.92. The van der Waals surface area contributed by atoms with Gasteiger partial charge in [-0.2, -0.15) is 0 Å². The van der Waals surface area contributed by atoms with Gasteiger partial charge in [0.2, 0.25) is 11.0 Å². The van der Waals surface area contributed by atoms with E-state index in [4.69, 9.17) is 4.74 Å². The third kappa shape index (κ3) is 5.64. The quantitative estimate of drug-likeness (QED) is 0.390. The summed E-state index contributed by atoms with van der Waals surface area (Å²) in [5.74, 6) is 1.68. The number of nitrogens with one attached hydrogen (secondary N) is 1. The van der Waals surface area contributed by atoms with Crippen LogP contribution in [0.4, 0.5) is 5.13 Å². The molecule has 3 aromatic rings. The highest BCUT2D eigenvalue weighted by atomic mass is 32.2. The van der Waals surface area contributed by atoms with E-state index in [1.807, 2.05) is 35.8 Å². The van der Waals surface area contributed by atoms with E-state index in [9.17, 15) is 4.79 Å². The van der Waals surface area contributed by atoms with Crippen molar-refractivity contribution in [3.8, 4) is 5.75 Å². The Hall–Kier alpha value is -2.72. The van der Waals surface area contributed by atoms with Gasteiger partial charge in [-0.05, 0) is 24.1 Å². The average Bonchev–Trinajstić information content (AvgIpc) is 3.34. The molecule has 1 aromatic carbocycles. The Morgan fingerprint density at radius 1 is 1.28 bits per heavy atom. The van der Waals surface area contributed by atoms with E-state index in [0.29, 0.717) is 23.3 Å². The van der Waals surface area contributed by atoms with Gasteiger partial charge < -0.3 is 9.30 Å². The monoisotopic (exact) mass is 430 g/mol. The lowest BCUT2D eigenvalue weighted by Crippen LogP contribution is -2.14. The molecule has 0 atom stereocenters. The summed E-state index contributed by atoms with van der Waals surface area (Å²) in [7, 11) is 1.64. The molecule has 152 valence electrons. The van der Waals surface area contributed by atoms with Crippen LogP contribution < -0.4 is 10.1 Å². The zero-order valence-electron chi connectivity index (χ0n) is 16.3. The zero-order chi connectivity index (χ0) is 20.6. The number of aromatic nitrogens is 5. The predicted molar refractivity (Wildman–Crippen MR) is 115 cm³/mol. The summed E-state index contributed by atoms with van der Waals surface area (Å²) >= 11 is 2.71. The number of methoxy groups -OCH3 is 1. The van der Waals surface area contributed by atoms with Crippen molar-refractivity contribution in [2.45, 2.75) is 31.5 Å². The Kier molecular flexibility index (Phi) is 7.36. The number of hydrogen-bond donors (Lipinski definition) is 1. The van der Waals surface area contributed by atoms with Gasteiger partial charge >= 0.3 is 0 Å². The molecule has 1 N–H and O–H groups in total. The Balaban J connectivity index is 1.64. The fraction of sp³-hybridized carbons (Fsp3) is 0.316. The lowest BCUT2D eigenvalue weighted by molar-refractivity contribution is -0.113. The normalized spacial score (nSPS) is 10.7. The minimum absolute atomic E-state index is 0.154. The van der Waals surface area contributed by atoms with Crippen molar-refractivity contribution in [2.75, 3.05) is 18.2 Å². The van der Waals surface area contributed by atoms with E-state index in [1.165, 1.54) is 23.1 Å². The molecular formula is C19H22N6O2S2. The smallest absolute Gasteiger partial charge is 0.236 e. The number of nitrogens with zero attached hydrogens (tertiary/aromatic N) is 5. The molecule has 0 saturated heterocycles. The topological polar surface area (TPSA) is 94.8 Å². The number of rotatable bonds is 10. The minimum atomic E-state index is -0.154. The van der Waals surface area contributed by atoms with Crippen molar-refractivity contribution in [3.63, 3.8) is 0 Å². The maximum absolute atomic E-state index is 12.2. The van der Waals surface area contributed by atoms with Crippen molar-refractivity contribution >= 4 is 34.1 Å². The maximum atomic E-state index is 12.2. The Bertz CT molecular complexity index is 967. The standard InChI is InChI=1S/C19H22N6O2S2/c1-4-10-25-15(11-13-6-8-14(27-3)9-7-13)21-24-19(25)28-12-16(26)20-18-23-22-17(5-2)29-18/h4,6-9H,1,5,10-12H2,2-3H3,(H,20,23,26). The van der Waals surface area contributed by atoms with Crippen LogP contribution in [0, 0.1) is 0 Å². The highest BCUT2D eigenvalue weighted by molar-refractivity contribution is 7.99. The minimum Gasteiger partial charge on any atom is -0.497 e. The van der Waals surface area contributed by atoms with E-state index in [-0.39, 0.29) is 11.7 Å². The van der Waals surface area contributed by atoms with Gasteiger partial charge in [0, 0.05) is 13.0 Å². The molecule has 0 unspecified atom stereocenters. The maximum Gasteiger partial charge on any atom is 0.236 e. The molecule has 0 aliphatic rings. The Morgan fingerprint density at radius 2 is 2.07 bits per heavy atom. The first-order valence-electron chi connectivity index (χ1n) is 9.03. The molecule has 29 heavy (non-hydrogen) atoms. The SMILES string of the molecule is C=CCn1c(Cc2ccc(OC)cc2)nnc1SCC(=O)Nc1nnc(CC)s1. The van der Waals surface area contributed by atoms with Crippen LogP contribution in [-0.4, -0.2) is 43.7 Å². The molecule has 0 aliphatic carbocycles. The first kappa shape index (κ1) is 21.0. The molecule has 1 amide bonds. The number of anilines is 1. The van der Waals surface area contributed by atoms with Crippen LogP contribution >= 0.6 is 23.1 Å². The zero-order valence-corrected chi connectivity index (χ0v) is 17.9. The molecule has 0 spiro atoms. The van der Waals surface area contributed by atoms with Crippen LogP contribution in [-0.2, 0) is 24.2 Å². The molecule has 0 fully saturated rings. The van der Waals surface area contributed by atoms with Crippen LogP contribution in [0.25, 0.3) is 0 Å². The fourth-order valence-electron chi connectivity index (χ4n) is 2.53. The lowest BCUT2D eigenvalue weighted by Gasteiger charge is -2.08. The van der Waals surface area contributed by atoms with E-state index < -0.39 is 0 Å². The van der Waals surface area contributed by atoms with Gasteiger partial charge in [0.25, 0.3) is 0 Å². The van der Waals surface area contributed by atoms with Gasteiger partial charge in [-0.25, -0.2) is 0 Å². The molecule has 3 rings (SSSR count). The molecule has 0 radical (unpaired) electrons. The summed E-state index contributed by atoms with van der Waals surface area (Å²) in [6.45, 7) is 6.38. The molecule has 8 nitrogen and oxygen atoms in total. The van der Waals surface area contributed by atoms with E-state index in [1.54, 1.807) is 13.2 Å². The van der Waals surface area contributed by atoms with Crippen LogP contribution in [0.2, 0.25) is 0 Å². The van der Waals surface area contributed by atoms with Crippen LogP contribution in [0.5, 0.6) is 5.75 Å². The van der Waals surface area contributed by atoms with E-state index in [2.05, 4.69) is 32.3 Å². The molecular weight excluding hydrogens is 408 g/mol. The molecule has 0 bridgehead atoms. The van der Waals surface area contributed by atoms with E-state index >= 15 is 0 Å². The number of benzene rings is 1. The second-order valence-corrected chi connectivity index (χ2v) is 8.02. The molecule has 10 heteroatoms. The van der Waals surface area contributed by atoms with Crippen LogP contribution in [0.1, 0.15) is 23.3 Å². The second-order valence-electron chi connectivity index (χ2n) is 6.01. The average molecular weight is 431 g/mol. The number of allylic oxidation sites excluding steroid dienone is 1. The van der Waals surface area contributed by atoms with Gasteiger partial charge in [0.15, 0.2) is 5.16 Å². The van der Waals surface area contributed by atoms with Gasteiger partial charge in [-0.3, -0.25) is 10.1 Å². The number of carbonyl (C=O) groups excluding carboxylic acids is 1. The van der Waals surface area contributed by atoms with Gasteiger partial charge in [-0.15, -0.1) is 27.0 Å². The van der Waals surface area contributed by atoms with Gasteiger partial charge in [0.05, 0.1) is 12.9 Å². The van der Waals surface area contributed by atoms with Crippen LogP contribution in [0.3, 0.4) is 0 Å². The highest BCUT2D eigenvalue weighted by Gasteiger charge is 2.15. The van der Waals surface area contributed by atoms with Gasteiger partial charge in [-0.1, -0.05) is 48.2 Å². The Morgan fingerprint density at radius 3 is 2.72 bits per heavy atom. The molecule has 2 heterocycles. The Labute approximate surface area is 177 Å². The van der Waals surface area contributed by atoms with Crippen LogP contribution in [0.15, 0.2) is 42.1 Å². The molecule has 2 aromatic heterocycles. The fourth-order valence-corrected chi connectivity index (χ4v) is 3.99. The summed E-state index contributed by atoms with van der Waals surface area (Å²) in [6.07, 6.45) is 3.21. The van der Waals surface area contributed by atoms with Crippen molar-refractivity contribution in [1.29, 1.82) is 0 Å². The van der Waals surface area contributed by atoms with Gasteiger partial charge in [0.1, 0.15) is 16.6 Å². The first-order valence-corrected chi connectivity index (χ1v) is 10.8. The highest BCUT2D eigenvalue weighted by Crippen LogP contribution is 2.21. The predicted octanol–water partition coefficient (Wildman–Crippen LogP) is 3.21.